The molecule has 146 valence electrons. The van der Waals surface area contributed by atoms with Crippen LogP contribution in [0.3, 0.4) is 0 Å². The maximum absolute atomic E-state index is 6.00. The molecule has 0 radical (unpaired) electrons. The van der Waals surface area contributed by atoms with E-state index in [0.29, 0.717) is 0 Å². The Bertz CT molecular complexity index is 754. The van der Waals surface area contributed by atoms with Crippen molar-refractivity contribution in [3.63, 3.8) is 0 Å². The molecule has 1 nitrogen and oxygen atoms in total. The van der Waals surface area contributed by atoms with Gasteiger partial charge in [-0.2, -0.15) is 0 Å². The third kappa shape index (κ3) is 6.41. The van der Waals surface area contributed by atoms with E-state index in [2.05, 4.69) is 104 Å². The Balaban J connectivity index is 1.88. The third-order valence-electron chi connectivity index (χ3n) is 5.30. The van der Waals surface area contributed by atoms with Crippen LogP contribution in [0.5, 0.6) is 0 Å². The van der Waals surface area contributed by atoms with Crippen molar-refractivity contribution >= 4 is 42.9 Å². The molecule has 1 atom stereocenters. The average molecular weight is 421 g/mol. The second kappa shape index (κ2) is 11.3. The molecule has 28 heavy (non-hydrogen) atoms. The Morgan fingerprint density at radius 3 is 1.75 bits per heavy atom. The van der Waals surface area contributed by atoms with E-state index in [-0.39, 0.29) is 9.52 Å². The van der Waals surface area contributed by atoms with Crippen LogP contribution in [-0.4, -0.2) is 34.0 Å². The highest BCUT2D eigenvalue weighted by molar-refractivity contribution is 6.93. The summed E-state index contributed by atoms with van der Waals surface area (Å²) in [5.74, 6) is 0. The van der Waals surface area contributed by atoms with Crippen LogP contribution in [0.1, 0.15) is 12.8 Å². The monoisotopic (exact) mass is 420 g/mol. The second-order valence-electron chi connectivity index (χ2n) is 7.81. The Kier molecular flexibility index (Phi) is 8.48. The van der Waals surface area contributed by atoms with Gasteiger partial charge in [-0.1, -0.05) is 113 Å². The molecule has 3 aromatic carbocycles. The van der Waals surface area contributed by atoms with Gasteiger partial charge in [-0.05, 0) is 24.7 Å². The van der Waals surface area contributed by atoms with E-state index in [0.717, 1.165) is 11.8 Å². The van der Waals surface area contributed by atoms with Crippen LogP contribution < -0.4 is 15.6 Å². The first-order chi connectivity index (χ1) is 13.7. The summed E-state index contributed by atoms with van der Waals surface area (Å²) in [6.07, 6.45) is 2.49. The van der Waals surface area contributed by atoms with Crippen molar-refractivity contribution in [1.82, 2.24) is 0 Å². The lowest BCUT2D eigenvalue weighted by molar-refractivity contribution is 0.316. The molecule has 0 aliphatic heterocycles. The normalized spacial score (nSPS) is 12.9. The molecule has 3 aromatic rings. The van der Waals surface area contributed by atoms with Crippen molar-refractivity contribution in [3.05, 3.63) is 91.0 Å². The fraction of sp³-hybridized carbons (Fsp3) is 0.250. The van der Waals surface area contributed by atoms with Crippen LogP contribution in [-0.2, 0) is 4.43 Å². The van der Waals surface area contributed by atoms with Gasteiger partial charge in [0.05, 0.1) is 9.52 Å². The van der Waals surface area contributed by atoms with E-state index in [1.54, 1.807) is 15.6 Å². The molecule has 0 saturated heterocycles. The third-order valence-corrected chi connectivity index (χ3v) is 13.7. The lowest BCUT2D eigenvalue weighted by atomic mass is 10.3. The summed E-state index contributed by atoms with van der Waals surface area (Å²) >= 11 is 0. The molecule has 0 spiro atoms. The molecule has 0 aliphatic carbocycles. The van der Waals surface area contributed by atoms with Crippen molar-refractivity contribution in [3.8, 4) is 0 Å². The zero-order valence-electron chi connectivity index (χ0n) is 17.1. The number of hydrogen-bond acceptors (Lipinski definition) is 1. The van der Waals surface area contributed by atoms with Gasteiger partial charge in [0.15, 0.2) is 9.04 Å². The van der Waals surface area contributed by atoms with Crippen molar-refractivity contribution in [2.24, 2.45) is 0 Å². The van der Waals surface area contributed by atoms with Crippen LogP contribution in [0.15, 0.2) is 91.0 Å². The molecule has 0 bridgehead atoms. The summed E-state index contributed by atoms with van der Waals surface area (Å²) in [7, 11) is -2.57. The van der Waals surface area contributed by atoms with Gasteiger partial charge in [0.1, 0.15) is 8.80 Å². The highest BCUT2D eigenvalue weighted by Gasteiger charge is 2.27. The van der Waals surface area contributed by atoms with Crippen LogP contribution in [0.25, 0.3) is 0 Å². The molecule has 0 aromatic heterocycles. The average Bonchev–Trinajstić information content (AvgIpc) is 2.73. The van der Waals surface area contributed by atoms with E-state index in [9.17, 15) is 0 Å². The summed E-state index contributed by atoms with van der Waals surface area (Å²) in [4.78, 5) is 0. The minimum Gasteiger partial charge on any atom is -0.421 e. The minimum absolute atomic E-state index is 0.362. The summed E-state index contributed by atoms with van der Waals surface area (Å²) in [6, 6.07) is 33.9. The first kappa shape index (κ1) is 21.0. The lowest BCUT2D eigenvalue weighted by Crippen LogP contribution is -2.49. The minimum atomic E-state index is -1.28. The zero-order chi connectivity index (χ0) is 19.6. The van der Waals surface area contributed by atoms with Crippen molar-refractivity contribution in [2.45, 2.75) is 31.1 Å². The SMILES string of the molecule is C[SiH](C)OCCCC([SiH2]c1ccccc1)[SiH](c1ccccc1)c1ccccc1. The van der Waals surface area contributed by atoms with Gasteiger partial charge in [0.25, 0.3) is 0 Å². The van der Waals surface area contributed by atoms with Gasteiger partial charge in [-0.3, -0.25) is 0 Å². The maximum atomic E-state index is 6.00. The Labute approximate surface area is 176 Å². The smallest absolute Gasteiger partial charge is 0.170 e. The molecule has 0 aliphatic rings. The molecule has 0 saturated carbocycles. The van der Waals surface area contributed by atoms with E-state index < -0.39 is 17.8 Å². The molecule has 0 N–H and O–H groups in total. The van der Waals surface area contributed by atoms with Gasteiger partial charge in [-0.15, -0.1) is 0 Å². The Morgan fingerprint density at radius 1 is 0.750 bits per heavy atom. The van der Waals surface area contributed by atoms with Gasteiger partial charge in [-0.25, -0.2) is 0 Å². The summed E-state index contributed by atoms with van der Waals surface area (Å²) in [6.45, 7) is 5.47. The molecule has 0 fully saturated rings. The summed E-state index contributed by atoms with van der Waals surface area (Å²) in [5, 5.41) is 5.59. The number of hydrogen-bond donors (Lipinski definition) is 0. The van der Waals surface area contributed by atoms with Crippen molar-refractivity contribution < 1.29 is 4.43 Å². The second-order valence-corrected chi connectivity index (χ2v) is 16.7. The zero-order valence-corrected chi connectivity index (χ0v) is 20.9. The predicted molar refractivity (Wildman–Crippen MR) is 132 cm³/mol. The van der Waals surface area contributed by atoms with Crippen LogP contribution in [0.4, 0.5) is 0 Å². The van der Waals surface area contributed by atoms with E-state index in [4.69, 9.17) is 4.43 Å². The largest absolute Gasteiger partial charge is 0.421 e. The molecule has 3 rings (SSSR count). The predicted octanol–water partition coefficient (Wildman–Crippen LogP) is 2.63. The maximum Gasteiger partial charge on any atom is 0.170 e. The van der Waals surface area contributed by atoms with Crippen molar-refractivity contribution in [2.75, 3.05) is 6.61 Å². The molecule has 0 amide bonds. The van der Waals surface area contributed by atoms with Gasteiger partial charge >= 0.3 is 0 Å². The number of rotatable bonds is 10. The molecular weight excluding hydrogens is 389 g/mol. The Hall–Kier alpha value is -1.73. The van der Waals surface area contributed by atoms with E-state index in [1.165, 1.54) is 12.8 Å². The standard InChI is InChI=1S/C24H32OSi3/c1-27(2)25-20-12-19-24(26-21-13-6-3-7-14-21)28(22-15-8-4-9-16-22)23-17-10-5-11-18-23/h3-11,13-18,24,27-28H,12,19-20,26H2,1-2H3. The Morgan fingerprint density at radius 2 is 1.25 bits per heavy atom. The van der Waals surface area contributed by atoms with E-state index >= 15 is 0 Å². The fourth-order valence-corrected chi connectivity index (χ4v) is 13.0. The summed E-state index contributed by atoms with van der Waals surface area (Å²) in [5.41, 5.74) is 0. The molecule has 0 heterocycles. The van der Waals surface area contributed by atoms with Gasteiger partial charge in [0.2, 0.25) is 0 Å². The molecular formula is C24H32OSi3. The highest BCUT2D eigenvalue weighted by Crippen LogP contribution is 2.18. The van der Waals surface area contributed by atoms with Crippen LogP contribution >= 0.6 is 0 Å². The quantitative estimate of drug-likeness (QED) is 0.362. The topological polar surface area (TPSA) is 9.23 Å². The van der Waals surface area contributed by atoms with Crippen LogP contribution in [0.2, 0.25) is 18.3 Å². The fourth-order valence-electron chi connectivity index (χ4n) is 4.03. The first-order valence-electron chi connectivity index (χ1n) is 10.5. The highest BCUT2D eigenvalue weighted by atomic mass is 28.3. The van der Waals surface area contributed by atoms with Gasteiger partial charge < -0.3 is 4.43 Å². The lowest BCUT2D eigenvalue weighted by Gasteiger charge is -2.27. The first-order valence-corrected chi connectivity index (χ1v) is 16.6. The summed E-state index contributed by atoms with van der Waals surface area (Å²) < 4.78 is 6.00. The van der Waals surface area contributed by atoms with E-state index in [1.807, 2.05) is 0 Å². The van der Waals surface area contributed by atoms with Crippen LogP contribution in [0, 0.1) is 0 Å². The molecule has 1 unspecified atom stereocenters. The number of benzene rings is 3. The van der Waals surface area contributed by atoms with Crippen molar-refractivity contribution in [1.29, 1.82) is 0 Å². The molecule has 4 heteroatoms. The van der Waals surface area contributed by atoms with Gasteiger partial charge in [0, 0.05) is 6.61 Å².